The molecule has 5 heteroatoms. The molecule has 0 unspecified atom stereocenters. The van der Waals surface area contributed by atoms with Crippen LogP contribution in [0, 0.1) is 0 Å². The van der Waals surface area contributed by atoms with Gasteiger partial charge in [0.15, 0.2) is 0 Å². The second-order valence-electron chi connectivity index (χ2n) is 5.66. The molecular formula is C14H19N3O2. The van der Waals surface area contributed by atoms with Crippen molar-refractivity contribution < 1.29 is 9.59 Å². The van der Waals surface area contributed by atoms with Crippen LogP contribution in [-0.4, -0.2) is 30.4 Å². The number of hydrogen-bond donors (Lipinski definition) is 2. The van der Waals surface area contributed by atoms with Crippen molar-refractivity contribution in [1.82, 2.24) is 5.32 Å². The van der Waals surface area contributed by atoms with Gasteiger partial charge < -0.3 is 10.6 Å². The molecule has 0 saturated carbocycles. The Morgan fingerprint density at radius 3 is 2.16 bits per heavy atom. The highest BCUT2D eigenvalue weighted by molar-refractivity contribution is 6.02. The smallest absolute Gasteiger partial charge is 0.246 e. The number of amides is 2. The zero-order chi connectivity index (χ0) is 14.0. The summed E-state index contributed by atoms with van der Waals surface area (Å²) >= 11 is 0. The number of nitrogens with one attached hydrogen (secondary N) is 1. The summed E-state index contributed by atoms with van der Waals surface area (Å²) in [4.78, 5) is 24.4. The van der Waals surface area contributed by atoms with Gasteiger partial charge in [0.2, 0.25) is 11.8 Å². The van der Waals surface area contributed by atoms with Crippen molar-refractivity contribution in [2.24, 2.45) is 5.73 Å². The van der Waals surface area contributed by atoms with Crippen LogP contribution in [0.25, 0.3) is 0 Å². The van der Waals surface area contributed by atoms with Gasteiger partial charge in [0.1, 0.15) is 0 Å². The summed E-state index contributed by atoms with van der Waals surface area (Å²) in [5, 5.41) is 2.29. The molecule has 1 aliphatic heterocycles. The number of rotatable bonds is 3. The van der Waals surface area contributed by atoms with Gasteiger partial charge >= 0.3 is 0 Å². The molecule has 1 fully saturated rings. The van der Waals surface area contributed by atoms with E-state index in [1.165, 1.54) is 0 Å². The molecule has 0 aliphatic carbocycles. The Balaban J connectivity index is 2.10. The van der Waals surface area contributed by atoms with Gasteiger partial charge in [0, 0.05) is 11.2 Å². The zero-order valence-electron chi connectivity index (χ0n) is 11.3. The third kappa shape index (κ3) is 3.79. The van der Waals surface area contributed by atoms with Crippen LogP contribution in [0.5, 0.6) is 0 Å². The molecule has 19 heavy (non-hydrogen) atoms. The third-order valence-corrected chi connectivity index (χ3v) is 2.91. The van der Waals surface area contributed by atoms with Crippen LogP contribution in [0.15, 0.2) is 24.3 Å². The normalized spacial score (nSPS) is 16.5. The minimum Gasteiger partial charge on any atom is -0.353 e. The molecule has 1 heterocycles. The maximum atomic E-state index is 11.3. The predicted octanol–water partition coefficient (Wildman–Crippen LogP) is 0.429. The fourth-order valence-electron chi connectivity index (χ4n) is 2.17. The van der Waals surface area contributed by atoms with E-state index in [1.807, 2.05) is 38.1 Å². The first kappa shape index (κ1) is 13.5. The van der Waals surface area contributed by atoms with Gasteiger partial charge in [-0.1, -0.05) is 12.1 Å². The molecular weight excluding hydrogens is 242 g/mol. The van der Waals surface area contributed by atoms with Crippen molar-refractivity contribution >= 4 is 17.5 Å². The van der Waals surface area contributed by atoms with Crippen molar-refractivity contribution in [1.29, 1.82) is 0 Å². The number of piperazine rings is 1. The van der Waals surface area contributed by atoms with E-state index in [4.69, 9.17) is 5.73 Å². The van der Waals surface area contributed by atoms with Crippen molar-refractivity contribution in [3.63, 3.8) is 0 Å². The fourth-order valence-corrected chi connectivity index (χ4v) is 2.17. The molecule has 3 N–H and O–H groups in total. The SMILES string of the molecule is CC(C)(N)Cc1ccc(N2CC(=O)NC(=O)C2)cc1. The number of nitrogens with zero attached hydrogens (tertiary/aromatic N) is 1. The van der Waals surface area contributed by atoms with E-state index in [9.17, 15) is 9.59 Å². The van der Waals surface area contributed by atoms with Crippen LogP contribution in [0.1, 0.15) is 19.4 Å². The van der Waals surface area contributed by atoms with Gasteiger partial charge in [-0.15, -0.1) is 0 Å². The van der Waals surface area contributed by atoms with E-state index in [0.29, 0.717) is 0 Å². The lowest BCUT2D eigenvalue weighted by Gasteiger charge is -2.27. The van der Waals surface area contributed by atoms with Gasteiger partial charge in [-0.25, -0.2) is 0 Å². The number of carbonyl (C=O) groups is 2. The van der Waals surface area contributed by atoms with E-state index < -0.39 is 0 Å². The highest BCUT2D eigenvalue weighted by Gasteiger charge is 2.22. The molecule has 0 bridgehead atoms. The predicted molar refractivity (Wildman–Crippen MR) is 73.8 cm³/mol. The molecule has 0 aromatic heterocycles. The van der Waals surface area contributed by atoms with Gasteiger partial charge in [-0.3, -0.25) is 14.9 Å². The molecule has 2 rings (SSSR count). The molecule has 1 aromatic carbocycles. The highest BCUT2D eigenvalue weighted by Crippen LogP contribution is 2.18. The second kappa shape index (κ2) is 5.01. The molecule has 5 nitrogen and oxygen atoms in total. The first-order valence-corrected chi connectivity index (χ1v) is 6.29. The molecule has 0 atom stereocenters. The van der Waals surface area contributed by atoms with Crippen LogP contribution in [0.2, 0.25) is 0 Å². The largest absolute Gasteiger partial charge is 0.353 e. The minimum absolute atomic E-state index is 0.216. The minimum atomic E-state index is -0.261. The van der Waals surface area contributed by atoms with Crippen LogP contribution in [-0.2, 0) is 16.0 Å². The average molecular weight is 261 g/mol. The first-order valence-electron chi connectivity index (χ1n) is 6.29. The summed E-state index contributed by atoms with van der Waals surface area (Å²) in [6, 6.07) is 7.82. The maximum Gasteiger partial charge on any atom is 0.246 e. The van der Waals surface area contributed by atoms with E-state index >= 15 is 0 Å². The Kier molecular flexibility index (Phi) is 3.57. The monoisotopic (exact) mass is 261 g/mol. The van der Waals surface area contributed by atoms with E-state index in [0.717, 1.165) is 17.7 Å². The summed E-state index contributed by atoms with van der Waals surface area (Å²) in [5.74, 6) is -0.521. The van der Waals surface area contributed by atoms with E-state index in [1.54, 1.807) is 4.90 Å². The summed E-state index contributed by atoms with van der Waals surface area (Å²) in [6.07, 6.45) is 0.784. The van der Waals surface area contributed by atoms with E-state index in [-0.39, 0.29) is 30.4 Å². The van der Waals surface area contributed by atoms with Crippen molar-refractivity contribution in [2.75, 3.05) is 18.0 Å². The number of imide groups is 1. The Bertz CT molecular complexity index is 472. The molecule has 1 aliphatic rings. The summed E-state index contributed by atoms with van der Waals surface area (Å²) in [7, 11) is 0. The van der Waals surface area contributed by atoms with Gasteiger partial charge in [0.25, 0.3) is 0 Å². The van der Waals surface area contributed by atoms with Crippen molar-refractivity contribution in [3.05, 3.63) is 29.8 Å². The lowest BCUT2D eigenvalue weighted by Crippen LogP contribution is -2.51. The first-order chi connectivity index (χ1) is 8.83. The number of carbonyl (C=O) groups excluding carboxylic acids is 2. The number of anilines is 1. The third-order valence-electron chi connectivity index (χ3n) is 2.91. The van der Waals surface area contributed by atoms with Crippen LogP contribution in [0.3, 0.4) is 0 Å². The topological polar surface area (TPSA) is 75.4 Å². The van der Waals surface area contributed by atoms with Gasteiger partial charge in [0.05, 0.1) is 13.1 Å². The molecule has 2 amide bonds. The standard InChI is InChI=1S/C14H19N3O2/c1-14(2,15)7-10-3-5-11(6-4-10)17-8-12(18)16-13(19)9-17/h3-6H,7-9,15H2,1-2H3,(H,16,18,19). The molecule has 0 radical (unpaired) electrons. The molecule has 0 spiro atoms. The Hall–Kier alpha value is -1.88. The van der Waals surface area contributed by atoms with Crippen molar-refractivity contribution in [2.45, 2.75) is 25.8 Å². The zero-order valence-corrected chi connectivity index (χ0v) is 11.3. The lowest BCUT2D eigenvalue weighted by molar-refractivity contribution is -0.130. The Morgan fingerprint density at radius 2 is 1.68 bits per heavy atom. The van der Waals surface area contributed by atoms with Crippen LogP contribution in [0.4, 0.5) is 5.69 Å². The van der Waals surface area contributed by atoms with Crippen molar-refractivity contribution in [3.8, 4) is 0 Å². The Labute approximate surface area is 112 Å². The average Bonchev–Trinajstić information content (AvgIpc) is 2.26. The summed E-state index contributed by atoms with van der Waals surface area (Å²) in [5.41, 5.74) is 7.75. The summed E-state index contributed by atoms with van der Waals surface area (Å²) in [6.45, 7) is 4.39. The second-order valence-corrected chi connectivity index (χ2v) is 5.66. The Morgan fingerprint density at radius 1 is 1.16 bits per heavy atom. The number of nitrogens with two attached hydrogens (primary N) is 1. The highest BCUT2D eigenvalue weighted by atomic mass is 16.2. The quantitative estimate of drug-likeness (QED) is 0.774. The molecule has 1 saturated heterocycles. The van der Waals surface area contributed by atoms with E-state index in [2.05, 4.69) is 5.32 Å². The lowest BCUT2D eigenvalue weighted by atomic mass is 9.96. The maximum absolute atomic E-state index is 11.3. The van der Waals surface area contributed by atoms with Crippen LogP contribution >= 0.6 is 0 Å². The number of hydrogen-bond acceptors (Lipinski definition) is 4. The number of benzene rings is 1. The van der Waals surface area contributed by atoms with Gasteiger partial charge in [-0.2, -0.15) is 0 Å². The molecule has 102 valence electrons. The fraction of sp³-hybridized carbons (Fsp3) is 0.429. The van der Waals surface area contributed by atoms with Gasteiger partial charge in [-0.05, 0) is 38.0 Å². The van der Waals surface area contributed by atoms with Crippen LogP contribution < -0.4 is 16.0 Å². The summed E-state index contributed by atoms with van der Waals surface area (Å²) < 4.78 is 0. The molecule has 1 aromatic rings.